The molecule has 0 amide bonds. The molecule has 2 atom stereocenters. The molecule has 2 aromatic rings. The number of rotatable bonds is 2. The van der Waals surface area contributed by atoms with Gasteiger partial charge in [-0.25, -0.2) is 4.98 Å². The maximum Gasteiger partial charge on any atom is 0.263 e. The van der Waals surface area contributed by atoms with Gasteiger partial charge in [0.15, 0.2) is 0 Å². The van der Waals surface area contributed by atoms with Crippen LogP contribution in [0.5, 0.6) is 0 Å². The summed E-state index contributed by atoms with van der Waals surface area (Å²) in [7, 11) is 0. The van der Waals surface area contributed by atoms with Gasteiger partial charge in [-0.05, 0) is 31.9 Å². The monoisotopic (exact) mass is 306 g/mol. The third-order valence-electron chi connectivity index (χ3n) is 4.34. The van der Waals surface area contributed by atoms with Crippen LogP contribution in [0.15, 0.2) is 10.9 Å². The van der Waals surface area contributed by atoms with E-state index in [9.17, 15) is 0 Å². The van der Waals surface area contributed by atoms with E-state index in [-0.39, 0.29) is 5.60 Å². The summed E-state index contributed by atoms with van der Waals surface area (Å²) in [5.41, 5.74) is 1.44. The molecule has 6 nitrogen and oxygen atoms in total. The number of nitrogens with one attached hydrogen (secondary N) is 1. The number of anilines is 1. The molecule has 2 aromatic heterocycles. The number of hydrogen-bond acceptors (Lipinski definition) is 7. The van der Waals surface area contributed by atoms with E-state index in [0.717, 1.165) is 48.5 Å². The van der Waals surface area contributed by atoms with Crippen LogP contribution in [-0.4, -0.2) is 44.9 Å². The van der Waals surface area contributed by atoms with Gasteiger partial charge in [0.25, 0.3) is 5.71 Å². The Morgan fingerprint density at radius 2 is 2.38 bits per heavy atom. The highest BCUT2D eigenvalue weighted by molar-refractivity contribution is 7.99. The molecule has 2 saturated heterocycles. The van der Waals surface area contributed by atoms with Crippen LogP contribution in [0.3, 0.4) is 0 Å². The number of nitrogens with zero attached hydrogens (tertiary/aromatic N) is 3. The highest BCUT2D eigenvalue weighted by Gasteiger charge is 2.40. The van der Waals surface area contributed by atoms with E-state index >= 15 is 0 Å². The Hall–Kier alpha value is -1.34. The van der Waals surface area contributed by atoms with Crippen molar-refractivity contribution in [1.82, 2.24) is 15.1 Å². The molecule has 21 heavy (non-hydrogen) atoms. The van der Waals surface area contributed by atoms with Crippen molar-refractivity contribution in [2.75, 3.05) is 23.4 Å². The average molecular weight is 306 g/mol. The first-order valence-corrected chi connectivity index (χ1v) is 8.46. The fourth-order valence-corrected chi connectivity index (χ4v) is 4.62. The summed E-state index contributed by atoms with van der Waals surface area (Å²) < 4.78 is 11.3. The van der Waals surface area contributed by atoms with Crippen LogP contribution in [-0.2, 0) is 4.74 Å². The van der Waals surface area contributed by atoms with E-state index in [1.54, 1.807) is 0 Å². The van der Waals surface area contributed by atoms with Crippen LogP contribution >= 0.6 is 11.8 Å². The predicted octanol–water partition coefficient (Wildman–Crippen LogP) is 2.39. The van der Waals surface area contributed by atoms with Crippen molar-refractivity contribution in [1.29, 1.82) is 0 Å². The van der Waals surface area contributed by atoms with Gasteiger partial charge in [0.2, 0.25) is 0 Å². The second kappa shape index (κ2) is 5.14. The number of fused-ring (bicyclic) bond motifs is 1. The molecule has 2 aliphatic rings. The third kappa shape index (κ3) is 2.38. The van der Waals surface area contributed by atoms with E-state index < -0.39 is 0 Å². The lowest BCUT2D eigenvalue weighted by molar-refractivity contribution is -0.0628. The van der Waals surface area contributed by atoms with Crippen LogP contribution in [0.4, 0.5) is 5.82 Å². The third-order valence-corrected chi connectivity index (χ3v) is 5.57. The molecule has 2 fully saturated rings. The van der Waals surface area contributed by atoms with Crippen molar-refractivity contribution in [3.63, 3.8) is 0 Å². The molecule has 1 N–H and O–H groups in total. The number of hydrogen-bond donors (Lipinski definition) is 1. The van der Waals surface area contributed by atoms with Crippen LogP contribution in [0.2, 0.25) is 0 Å². The van der Waals surface area contributed by atoms with E-state index in [2.05, 4.69) is 20.4 Å². The topological polar surface area (TPSA) is 73.1 Å². The molecule has 0 unspecified atom stereocenters. The summed E-state index contributed by atoms with van der Waals surface area (Å²) in [5, 5.41) is 8.42. The largest absolute Gasteiger partial charge is 0.374 e. The Kier molecular flexibility index (Phi) is 3.26. The number of thioether (sulfide) groups is 1. The summed E-state index contributed by atoms with van der Waals surface area (Å²) in [6.07, 6.45) is 4.72. The molecule has 112 valence electrons. The number of ether oxygens (including phenoxy) is 1. The summed E-state index contributed by atoms with van der Waals surface area (Å²) in [6.45, 7) is 2.73. The second-order valence-corrected chi connectivity index (χ2v) is 6.94. The maximum absolute atomic E-state index is 6.07. The van der Waals surface area contributed by atoms with Gasteiger partial charge in [-0.1, -0.05) is 5.16 Å². The normalized spacial score (nSPS) is 29.3. The summed E-state index contributed by atoms with van der Waals surface area (Å²) in [4.78, 5) is 8.50. The molecule has 7 heteroatoms. The molecule has 0 radical (unpaired) electrons. The minimum atomic E-state index is 0.0659. The van der Waals surface area contributed by atoms with Crippen LogP contribution in [0.1, 0.15) is 25.0 Å². The summed E-state index contributed by atoms with van der Waals surface area (Å²) in [6, 6.07) is 0.379. The predicted molar refractivity (Wildman–Crippen MR) is 81.6 cm³/mol. The number of aryl methyl sites for hydroxylation is 1. The van der Waals surface area contributed by atoms with Crippen LogP contribution in [0, 0.1) is 6.92 Å². The number of aromatic nitrogens is 3. The van der Waals surface area contributed by atoms with Gasteiger partial charge in [-0.15, -0.1) is 0 Å². The molecule has 0 aliphatic carbocycles. The fourth-order valence-electron chi connectivity index (χ4n) is 3.24. The Labute approximate surface area is 127 Å². The highest BCUT2D eigenvalue weighted by Crippen LogP contribution is 2.39. The van der Waals surface area contributed by atoms with Gasteiger partial charge in [0.1, 0.15) is 17.5 Å². The van der Waals surface area contributed by atoms with Crippen LogP contribution < -0.4 is 5.32 Å². The first-order valence-electron chi connectivity index (χ1n) is 7.31. The lowest BCUT2D eigenvalue weighted by Gasteiger charge is -2.38. The smallest absolute Gasteiger partial charge is 0.263 e. The molecular weight excluding hydrogens is 288 g/mol. The zero-order valence-electron chi connectivity index (χ0n) is 12.0. The lowest BCUT2D eigenvalue weighted by atomic mass is 9.90. The van der Waals surface area contributed by atoms with Gasteiger partial charge >= 0.3 is 0 Å². The Bertz CT molecular complexity index is 653. The first kappa shape index (κ1) is 13.3. The summed E-state index contributed by atoms with van der Waals surface area (Å²) >= 11 is 1.99. The van der Waals surface area contributed by atoms with E-state index in [0.29, 0.717) is 11.8 Å². The van der Waals surface area contributed by atoms with Crippen molar-refractivity contribution in [2.24, 2.45) is 0 Å². The second-order valence-electron chi connectivity index (χ2n) is 5.84. The zero-order valence-corrected chi connectivity index (χ0v) is 12.8. The van der Waals surface area contributed by atoms with Crippen molar-refractivity contribution >= 4 is 28.7 Å². The molecule has 1 spiro atoms. The SMILES string of the molecule is Cc1noc2ncnc(N[C@H]3CCO[C@]4(CCSC4)C3)c12. The van der Waals surface area contributed by atoms with E-state index in [1.807, 2.05) is 18.7 Å². The van der Waals surface area contributed by atoms with Gasteiger partial charge in [-0.3, -0.25) is 0 Å². The molecule has 4 rings (SSSR count). The van der Waals surface area contributed by atoms with Crippen molar-refractivity contribution in [3.05, 3.63) is 12.0 Å². The Balaban J connectivity index is 1.58. The quantitative estimate of drug-likeness (QED) is 0.913. The average Bonchev–Trinajstić information content (AvgIpc) is 3.08. The highest BCUT2D eigenvalue weighted by atomic mass is 32.2. The standard InChI is InChI=1S/C14H18N4O2S/c1-9-11-12(15-8-16-13(11)20-18-9)17-10-2-4-19-14(6-10)3-5-21-7-14/h8,10H,2-7H2,1H3,(H,15,16,17)/t10-,14+/m0/s1. The molecule has 2 aliphatic heterocycles. The molecule has 4 heterocycles. The first-order chi connectivity index (χ1) is 10.3. The molecule has 0 saturated carbocycles. The van der Waals surface area contributed by atoms with E-state index in [4.69, 9.17) is 9.26 Å². The van der Waals surface area contributed by atoms with Crippen molar-refractivity contribution in [2.45, 2.75) is 37.8 Å². The Morgan fingerprint density at radius 1 is 1.43 bits per heavy atom. The van der Waals surface area contributed by atoms with Gasteiger partial charge < -0.3 is 14.6 Å². The fraction of sp³-hybridized carbons (Fsp3) is 0.643. The molecule has 0 aromatic carbocycles. The van der Waals surface area contributed by atoms with Crippen molar-refractivity contribution in [3.8, 4) is 0 Å². The van der Waals surface area contributed by atoms with Crippen molar-refractivity contribution < 1.29 is 9.26 Å². The minimum absolute atomic E-state index is 0.0659. The maximum atomic E-state index is 6.07. The lowest BCUT2D eigenvalue weighted by Crippen LogP contribution is -2.44. The zero-order chi connectivity index (χ0) is 14.3. The Morgan fingerprint density at radius 3 is 3.24 bits per heavy atom. The van der Waals surface area contributed by atoms with Gasteiger partial charge in [0.05, 0.1) is 11.3 Å². The molecule has 0 bridgehead atoms. The molecular formula is C14H18N4O2S. The minimum Gasteiger partial charge on any atom is -0.374 e. The summed E-state index contributed by atoms with van der Waals surface area (Å²) in [5.74, 6) is 3.14. The van der Waals surface area contributed by atoms with Gasteiger partial charge in [-0.2, -0.15) is 16.7 Å². The van der Waals surface area contributed by atoms with E-state index in [1.165, 1.54) is 12.1 Å². The van der Waals surface area contributed by atoms with Crippen LogP contribution in [0.25, 0.3) is 11.1 Å². The van der Waals surface area contributed by atoms with Gasteiger partial charge in [0, 0.05) is 18.4 Å².